The minimum Gasteiger partial charge on any atom is -0.494 e. The third-order valence-corrected chi connectivity index (χ3v) is 4.61. The minimum atomic E-state index is -0.0424. The number of aryl methyl sites for hydroxylation is 1. The van der Waals surface area contributed by atoms with E-state index in [-0.39, 0.29) is 30.6 Å². The standard InChI is InChI=1S/C16H22N2O4/c1-10-5-12(15(21-2)8-17-10)16(20)18-3-4-22-14-7-11(9-19)6-13(14)18/h5,8,11,13-14,19H,3-4,6-7,9H2,1-2H3/t11-,13+,14+/m1/s1. The zero-order valence-electron chi connectivity index (χ0n) is 13.0. The smallest absolute Gasteiger partial charge is 0.258 e. The van der Waals surface area contributed by atoms with E-state index in [9.17, 15) is 9.90 Å². The highest BCUT2D eigenvalue weighted by Crippen LogP contribution is 2.35. The van der Waals surface area contributed by atoms with E-state index in [0.29, 0.717) is 24.5 Å². The molecule has 2 aliphatic rings. The molecule has 0 bridgehead atoms. The fourth-order valence-electron chi connectivity index (χ4n) is 3.48. The van der Waals surface area contributed by atoms with Gasteiger partial charge in [-0.1, -0.05) is 0 Å². The summed E-state index contributed by atoms with van der Waals surface area (Å²) < 4.78 is 11.1. The average Bonchev–Trinajstić information content (AvgIpc) is 2.97. The lowest BCUT2D eigenvalue weighted by Gasteiger charge is -2.37. The number of carbonyl (C=O) groups is 1. The van der Waals surface area contributed by atoms with Gasteiger partial charge in [-0.25, -0.2) is 0 Å². The maximum absolute atomic E-state index is 13.0. The number of pyridine rings is 1. The molecule has 6 nitrogen and oxygen atoms in total. The Labute approximate surface area is 130 Å². The van der Waals surface area contributed by atoms with Crippen molar-refractivity contribution in [2.45, 2.75) is 31.9 Å². The molecule has 1 saturated heterocycles. The largest absolute Gasteiger partial charge is 0.494 e. The summed E-state index contributed by atoms with van der Waals surface area (Å²) in [5.74, 6) is 0.666. The Hall–Kier alpha value is -1.66. The summed E-state index contributed by atoms with van der Waals surface area (Å²) in [4.78, 5) is 19.0. The third-order valence-electron chi connectivity index (χ3n) is 4.61. The third kappa shape index (κ3) is 2.68. The van der Waals surface area contributed by atoms with Crippen molar-refractivity contribution in [3.8, 4) is 5.75 Å². The number of hydrogen-bond acceptors (Lipinski definition) is 5. The predicted octanol–water partition coefficient (Wildman–Crippen LogP) is 1.01. The summed E-state index contributed by atoms with van der Waals surface area (Å²) in [5, 5.41) is 9.39. The molecule has 1 aromatic rings. The van der Waals surface area contributed by atoms with Gasteiger partial charge in [-0.15, -0.1) is 0 Å². The molecule has 1 aliphatic heterocycles. The molecule has 3 atom stereocenters. The molecule has 0 aromatic carbocycles. The van der Waals surface area contributed by atoms with Crippen LogP contribution in [0.4, 0.5) is 0 Å². The van der Waals surface area contributed by atoms with Crippen LogP contribution in [0.2, 0.25) is 0 Å². The lowest BCUT2D eigenvalue weighted by atomic mass is 10.1. The van der Waals surface area contributed by atoms with Crippen molar-refractivity contribution < 1.29 is 19.4 Å². The normalized spacial score (nSPS) is 27.6. The van der Waals surface area contributed by atoms with Gasteiger partial charge in [-0.2, -0.15) is 0 Å². The highest BCUT2D eigenvalue weighted by atomic mass is 16.5. The number of nitrogens with zero attached hydrogens (tertiary/aromatic N) is 2. The number of hydrogen-bond donors (Lipinski definition) is 1. The van der Waals surface area contributed by atoms with Gasteiger partial charge in [-0.05, 0) is 31.7 Å². The fourth-order valence-corrected chi connectivity index (χ4v) is 3.48. The Morgan fingerprint density at radius 2 is 2.36 bits per heavy atom. The lowest BCUT2D eigenvalue weighted by molar-refractivity contribution is -0.0449. The second-order valence-electron chi connectivity index (χ2n) is 6.02. The fraction of sp³-hybridized carbons (Fsp3) is 0.625. The summed E-state index contributed by atoms with van der Waals surface area (Å²) in [6.07, 6.45) is 3.23. The van der Waals surface area contributed by atoms with Gasteiger partial charge < -0.3 is 19.5 Å². The monoisotopic (exact) mass is 306 g/mol. The van der Waals surface area contributed by atoms with Gasteiger partial charge in [-0.3, -0.25) is 9.78 Å². The molecule has 1 saturated carbocycles. The number of aliphatic hydroxyl groups is 1. The maximum Gasteiger partial charge on any atom is 0.258 e. The molecule has 3 rings (SSSR count). The maximum atomic E-state index is 13.0. The van der Waals surface area contributed by atoms with Crippen LogP contribution >= 0.6 is 0 Å². The van der Waals surface area contributed by atoms with Crippen LogP contribution in [0.1, 0.15) is 28.9 Å². The molecule has 1 N–H and O–H groups in total. The van der Waals surface area contributed by atoms with Gasteiger partial charge >= 0.3 is 0 Å². The minimum absolute atomic E-state index is 0.0313. The summed E-state index contributed by atoms with van der Waals surface area (Å²) >= 11 is 0. The van der Waals surface area contributed by atoms with Crippen molar-refractivity contribution in [2.75, 3.05) is 26.9 Å². The highest BCUT2D eigenvalue weighted by molar-refractivity contribution is 5.97. The van der Waals surface area contributed by atoms with Crippen LogP contribution < -0.4 is 4.74 Å². The number of fused-ring (bicyclic) bond motifs is 1. The lowest BCUT2D eigenvalue weighted by Crippen LogP contribution is -2.51. The first kappa shape index (κ1) is 15.2. The van der Waals surface area contributed by atoms with E-state index in [0.717, 1.165) is 18.5 Å². The summed E-state index contributed by atoms with van der Waals surface area (Å²) in [6.45, 7) is 3.12. The average molecular weight is 306 g/mol. The first-order valence-corrected chi connectivity index (χ1v) is 7.68. The van der Waals surface area contributed by atoms with Gasteiger partial charge in [0.25, 0.3) is 5.91 Å². The molecule has 0 spiro atoms. The van der Waals surface area contributed by atoms with Crippen LogP contribution in [-0.4, -0.2) is 59.9 Å². The Kier molecular flexibility index (Phi) is 4.31. The summed E-state index contributed by atoms with van der Waals surface area (Å²) in [5.41, 5.74) is 1.33. The number of amides is 1. The SMILES string of the molecule is COc1cnc(C)cc1C(=O)N1CCO[C@H]2C[C@H](CO)C[C@@H]21. The number of aromatic nitrogens is 1. The number of rotatable bonds is 3. The van der Waals surface area contributed by atoms with E-state index in [1.54, 1.807) is 19.4 Å². The molecule has 0 unspecified atom stereocenters. The molecule has 0 radical (unpaired) electrons. The Bertz CT molecular complexity index is 563. The van der Waals surface area contributed by atoms with Gasteiger partial charge in [0.1, 0.15) is 5.75 Å². The highest BCUT2D eigenvalue weighted by Gasteiger charge is 2.43. The van der Waals surface area contributed by atoms with Crippen molar-refractivity contribution in [1.29, 1.82) is 0 Å². The Morgan fingerprint density at radius 3 is 3.09 bits per heavy atom. The number of ether oxygens (including phenoxy) is 2. The summed E-state index contributed by atoms with van der Waals surface area (Å²) in [7, 11) is 1.54. The number of methoxy groups -OCH3 is 1. The van der Waals surface area contributed by atoms with Crippen LogP contribution in [0.3, 0.4) is 0 Å². The van der Waals surface area contributed by atoms with E-state index < -0.39 is 0 Å². The van der Waals surface area contributed by atoms with Crippen LogP contribution in [-0.2, 0) is 4.74 Å². The first-order chi connectivity index (χ1) is 10.6. The molecular weight excluding hydrogens is 284 g/mol. The van der Waals surface area contributed by atoms with Gasteiger partial charge in [0.05, 0.1) is 37.6 Å². The second-order valence-corrected chi connectivity index (χ2v) is 6.02. The van der Waals surface area contributed by atoms with Crippen LogP contribution in [0.5, 0.6) is 5.75 Å². The van der Waals surface area contributed by atoms with Crippen molar-refractivity contribution >= 4 is 5.91 Å². The second kappa shape index (κ2) is 6.22. The molecule has 1 aliphatic carbocycles. The van der Waals surface area contributed by atoms with Crippen LogP contribution in [0.25, 0.3) is 0 Å². The zero-order valence-corrected chi connectivity index (χ0v) is 13.0. The molecular formula is C16H22N2O4. The van der Waals surface area contributed by atoms with E-state index in [1.165, 1.54) is 0 Å². The number of aliphatic hydroxyl groups excluding tert-OH is 1. The molecule has 22 heavy (non-hydrogen) atoms. The first-order valence-electron chi connectivity index (χ1n) is 7.68. The van der Waals surface area contributed by atoms with Crippen molar-refractivity contribution in [1.82, 2.24) is 9.88 Å². The molecule has 120 valence electrons. The van der Waals surface area contributed by atoms with Crippen LogP contribution in [0.15, 0.2) is 12.3 Å². The number of carbonyl (C=O) groups excluding carboxylic acids is 1. The van der Waals surface area contributed by atoms with E-state index >= 15 is 0 Å². The van der Waals surface area contributed by atoms with E-state index in [1.807, 2.05) is 11.8 Å². The Morgan fingerprint density at radius 1 is 1.55 bits per heavy atom. The molecule has 1 aromatic heterocycles. The van der Waals surface area contributed by atoms with Gasteiger partial charge in [0.15, 0.2) is 0 Å². The Balaban J connectivity index is 1.87. The summed E-state index contributed by atoms with van der Waals surface area (Å²) in [6, 6.07) is 1.81. The quantitative estimate of drug-likeness (QED) is 0.902. The van der Waals surface area contributed by atoms with E-state index in [2.05, 4.69) is 4.98 Å². The number of morpholine rings is 1. The van der Waals surface area contributed by atoms with Crippen LogP contribution in [0, 0.1) is 12.8 Å². The molecule has 1 amide bonds. The zero-order chi connectivity index (χ0) is 15.7. The van der Waals surface area contributed by atoms with Crippen molar-refractivity contribution in [3.05, 3.63) is 23.5 Å². The van der Waals surface area contributed by atoms with Gasteiger partial charge in [0, 0.05) is 18.8 Å². The predicted molar refractivity (Wildman–Crippen MR) is 79.9 cm³/mol. The molecule has 2 fully saturated rings. The molecule has 2 heterocycles. The topological polar surface area (TPSA) is 71.9 Å². The molecule has 6 heteroatoms. The van der Waals surface area contributed by atoms with Gasteiger partial charge in [0.2, 0.25) is 0 Å². The van der Waals surface area contributed by atoms with E-state index in [4.69, 9.17) is 9.47 Å². The van der Waals surface area contributed by atoms with Crippen molar-refractivity contribution in [2.24, 2.45) is 5.92 Å². The van der Waals surface area contributed by atoms with Crippen molar-refractivity contribution in [3.63, 3.8) is 0 Å².